The first-order valence-electron chi connectivity index (χ1n) is 9.78. The minimum atomic E-state index is -0.782. The average Bonchev–Trinajstić information content (AvgIpc) is 2.77. The number of anilines is 1. The molecular weight excluding hydrogens is 375 g/mol. The molecule has 29 heavy (non-hydrogen) atoms. The molecule has 2 aromatic carbocycles. The van der Waals surface area contributed by atoms with Gasteiger partial charge in [0.05, 0.1) is 19.3 Å². The normalized spacial score (nSPS) is 18.6. The van der Waals surface area contributed by atoms with E-state index in [9.17, 15) is 14.0 Å². The number of rotatable bonds is 3. The number of halogens is 1. The van der Waals surface area contributed by atoms with E-state index in [-0.39, 0.29) is 23.8 Å². The maximum atomic E-state index is 14.1. The van der Waals surface area contributed by atoms with Crippen LogP contribution in [0, 0.1) is 5.82 Å². The summed E-state index contributed by atoms with van der Waals surface area (Å²) < 4.78 is 25.0. The molecule has 0 spiro atoms. The second kappa shape index (κ2) is 8.11. The summed E-state index contributed by atoms with van der Waals surface area (Å²) in [7, 11) is 1.37. The standard InChI is InChI=1S/C22H23FN2O4/c1-28-18-10-9-15(13-16(18)23)21(26)25-14-20(22(27)24-11-5-2-6-12-24)29-19-8-4-3-7-17(19)25/h3-4,7-10,13,20H,2,5-6,11-12,14H2,1H3/t20-/m1/s1. The third kappa shape index (κ3) is 3.77. The van der Waals surface area contributed by atoms with Gasteiger partial charge in [0, 0.05) is 18.7 Å². The molecule has 0 unspecified atom stereocenters. The van der Waals surface area contributed by atoms with Crippen molar-refractivity contribution < 1.29 is 23.5 Å². The van der Waals surface area contributed by atoms with Gasteiger partial charge in [-0.05, 0) is 49.6 Å². The van der Waals surface area contributed by atoms with Gasteiger partial charge in [0.1, 0.15) is 5.75 Å². The molecule has 0 radical (unpaired) electrons. The molecule has 152 valence electrons. The summed E-state index contributed by atoms with van der Waals surface area (Å²) in [5, 5.41) is 0. The highest BCUT2D eigenvalue weighted by Gasteiger charge is 2.36. The Bertz CT molecular complexity index is 927. The number of piperidine rings is 1. The van der Waals surface area contributed by atoms with Gasteiger partial charge in [-0.25, -0.2) is 4.39 Å². The van der Waals surface area contributed by atoms with Crippen LogP contribution >= 0.6 is 0 Å². The zero-order chi connectivity index (χ0) is 20.4. The van der Waals surface area contributed by atoms with Crippen LogP contribution < -0.4 is 14.4 Å². The quantitative estimate of drug-likeness (QED) is 0.796. The molecule has 2 aromatic rings. The summed E-state index contributed by atoms with van der Waals surface area (Å²) in [6, 6.07) is 11.2. The van der Waals surface area contributed by atoms with Crippen LogP contribution in [-0.4, -0.2) is 49.6 Å². The molecule has 1 saturated heterocycles. The van der Waals surface area contributed by atoms with Gasteiger partial charge in [-0.2, -0.15) is 0 Å². The van der Waals surface area contributed by atoms with E-state index in [1.807, 2.05) is 0 Å². The Labute approximate surface area is 168 Å². The van der Waals surface area contributed by atoms with Crippen molar-refractivity contribution in [3.05, 3.63) is 53.8 Å². The minimum absolute atomic E-state index is 0.0714. The topological polar surface area (TPSA) is 59.1 Å². The zero-order valence-electron chi connectivity index (χ0n) is 16.3. The Hall–Kier alpha value is -3.09. The monoisotopic (exact) mass is 398 g/mol. The molecule has 2 aliphatic rings. The van der Waals surface area contributed by atoms with Gasteiger partial charge in [0.15, 0.2) is 17.7 Å². The Kier molecular flexibility index (Phi) is 5.38. The van der Waals surface area contributed by atoms with Crippen molar-refractivity contribution in [1.82, 2.24) is 4.90 Å². The molecule has 4 rings (SSSR count). The van der Waals surface area contributed by atoms with Crippen molar-refractivity contribution in [1.29, 1.82) is 0 Å². The van der Waals surface area contributed by atoms with Crippen LogP contribution in [0.15, 0.2) is 42.5 Å². The Morgan fingerprint density at radius 1 is 1.10 bits per heavy atom. The van der Waals surface area contributed by atoms with E-state index in [1.54, 1.807) is 29.2 Å². The summed E-state index contributed by atoms with van der Waals surface area (Å²) in [5.74, 6) is -0.573. The van der Waals surface area contributed by atoms with Crippen molar-refractivity contribution in [2.75, 3.05) is 31.6 Å². The molecule has 1 fully saturated rings. The minimum Gasteiger partial charge on any atom is -0.494 e. The van der Waals surface area contributed by atoms with E-state index >= 15 is 0 Å². The number of carbonyl (C=O) groups excluding carboxylic acids is 2. The number of para-hydroxylation sites is 2. The lowest BCUT2D eigenvalue weighted by Crippen LogP contribution is -2.52. The van der Waals surface area contributed by atoms with Crippen LogP contribution in [0.2, 0.25) is 0 Å². The highest BCUT2D eigenvalue weighted by Crippen LogP contribution is 2.35. The predicted octanol–water partition coefficient (Wildman–Crippen LogP) is 3.25. The number of likely N-dealkylation sites (tertiary alicyclic amines) is 1. The molecule has 2 amide bonds. The number of nitrogens with zero attached hydrogens (tertiary/aromatic N) is 2. The fourth-order valence-electron chi connectivity index (χ4n) is 3.83. The van der Waals surface area contributed by atoms with Gasteiger partial charge in [-0.15, -0.1) is 0 Å². The largest absolute Gasteiger partial charge is 0.494 e. The fourth-order valence-corrected chi connectivity index (χ4v) is 3.83. The molecule has 0 saturated carbocycles. The molecular formula is C22H23FN2O4. The number of methoxy groups -OCH3 is 1. The maximum Gasteiger partial charge on any atom is 0.265 e. The first kappa shape index (κ1) is 19.2. The summed E-state index contributed by atoms with van der Waals surface area (Å²) in [5.41, 5.74) is 0.751. The maximum absolute atomic E-state index is 14.1. The summed E-state index contributed by atoms with van der Waals surface area (Å²) >= 11 is 0. The smallest absolute Gasteiger partial charge is 0.265 e. The first-order chi connectivity index (χ1) is 14.1. The van der Waals surface area contributed by atoms with Crippen LogP contribution in [0.3, 0.4) is 0 Å². The van der Waals surface area contributed by atoms with Crippen LogP contribution in [0.5, 0.6) is 11.5 Å². The van der Waals surface area contributed by atoms with Crippen LogP contribution in [0.1, 0.15) is 29.6 Å². The number of carbonyl (C=O) groups is 2. The third-order valence-corrected chi connectivity index (χ3v) is 5.36. The number of fused-ring (bicyclic) bond motifs is 1. The lowest BCUT2D eigenvalue weighted by molar-refractivity contribution is -0.139. The second-order valence-electron chi connectivity index (χ2n) is 7.23. The van der Waals surface area contributed by atoms with Gasteiger partial charge in [-0.3, -0.25) is 9.59 Å². The Morgan fingerprint density at radius 2 is 1.86 bits per heavy atom. The molecule has 0 bridgehead atoms. The SMILES string of the molecule is COc1ccc(C(=O)N2C[C@H](C(=O)N3CCCCC3)Oc3ccccc32)cc1F. The summed E-state index contributed by atoms with van der Waals surface area (Å²) in [6.07, 6.45) is 2.28. The van der Waals surface area contributed by atoms with Gasteiger partial charge in [0.25, 0.3) is 11.8 Å². The van der Waals surface area contributed by atoms with E-state index in [0.717, 1.165) is 25.3 Å². The van der Waals surface area contributed by atoms with Crippen LogP contribution in [-0.2, 0) is 4.79 Å². The van der Waals surface area contributed by atoms with Crippen LogP contribution in [0.25, 0.3) is 0 Å². The van der Waals surface area contributed by atoms with Crippen molar-refractivity contribution in [2.45, 2.75) is 25.4 Å². The number of amides is 2. The third-order valence-electron chi connectivity index (χ3n) is 5.36. The van der Waals surface area contributed by atoms with Gasteiger partial charge >= 0.3 is 0 Å². The first-order valence-corrected chi connectivity index (χ1v) is 9.78. The lowest BCUT2D eigenvalue weighted by Gasteiger charge is -2.37. The lowest BCUT2D eigenvalue weighted by atomic mass is 10.1. The molecule has 2 heterocycles. The molecule has 6 nitrogen and oxygen atoms in total. The average molecular weight is 398 g/mol. The van der Waals surface area contributed by atoms with Crippen LogP contribution in [0.4, 0.5) is 10.1 Å². The van der Waals surface area contributed by atoms with E-state index in [0.29, 0.717) is 24.5 Å². The summed E-state index contributed by atoms with van der Waals surface area (Å²) in [6.45, 7) is 1.49. The zero-order valence-corrected chi connectivity index (χ0v) is 16.3. The van der Waals surface area contributed by atoms with E-state index in [4.69, 9.17) is 9.47 Å². The van der Waals surface area contributed by atoms with E-state index in [1.165, 1.54) is 24.1 Å². The highest BCUT2D eigenvalue weighted by molar-refractivity contribution is 6.08. The number of benzene rings is 2. The molecule has 2 aliphatic heterocycles. The van der Waals surface area contributed by atoms with Gasteiger partial charge in [-0.1, -0.05) is 12.1 Å². The molecule has 0 aromatic heterocycles. The molecule has 1 atom stereocenters. The Balaban J connectivity index is 1.63. The molecule has 0 aliphatic carbocycles. The fraction of sp³-hybridized carbons (Fsp3) is 0.364. The van der Waals surface area contributed by atoms with Crippen molar-refractivity contribution >= 4 is 17.5 Å². The second-order valence-corrected chi connectivity index (χ2v) is 7.23. The van der Waals surface area contributed by atoms with Gasteiger partial charge < -0.3 is 19.3 Å². The van der Waals surface area contributed by atoms with Crippen molar-refractivity contribution in [3.63, 3.8) is 0 Å². The van der Waals surface area contributed by atoms with Crippen molar-refractivity contribution in [3.8, 4) is 11.5 Å². The van der Waals surface area contributed by atoms with Crippen molar-refractivity contribution in [2.24, 2.45) is 0 Å². The van der Waals surface area contributed by atoms with E-state index < -0.39 is 17.8 Å². The summed E-state index contributed by atoms with van der Waals surface area (Å²) in [4.78, 5) is 29.5. The number of hydrogen-bond acceptors (Lipinski definition) is 4. The molecule has 0 N–H and O–H groups in total. The number of ether oxygens (including phenoxy) is 2. The highest BCUT2D eigenvalue weighted by atomic mass is 19.1. The van der Waals surface area contributed by atoms with Gasteiger partial charge in [0.2, 0.25) is 0 Å². The van der Waals surface area contributed by atoms with E-state index in [2.05, 4.69) is 0 Å². The Morgan fingerprint density at radius 3 is 2.59 bits per heavy atom. The number of hydrogen-bond donors (Lipinski definition) is 0. The predicted molar refractivity (Wildman–Crippen MR) is 106 cm³/mol. The molecule has 7 heteroatoms.